The molecule has 1 atom stereocenters. The molecule has 12 aromatic rings. The molecule has 0 aliphatic carbocycles. The first-order chi connectivity index (χ1) is 31.1. The first-order valence-electron chi connectivity index (χ1n) is 21.6. The van der Waals surface area contributed by atoms with Crippen LogP contribution in [0.4, 0.5) is 0 Å². The van der Waals surface area contributed by atoms with Crippen LogP contribution < -0.4 is 15.2 Å². The average Bonchev–Trinajstić information content (AvgIpc) is 4.10. The Labute approximate surface area is 372 Å². The van der Waals surface area contributed by atoms with E-state index in [-0.39, 0.29) is 6.17 Å². The molecule has 8 aromatic carbocycles. The van der Waals surface area contributed by atoms with Gasteiger partial charge in [0.1, 0.15) is 10.5 Å². The minimum Gasteiger partial charge on any atom is -0.344 e. The van der Waals surface area contributed by atoms with E-state index in [0.717, 1.165) is 32.6 Å². The quantitative estimate of drug-likeness (QED) is 0.176. The van der Waals surface area contributed by atoms with Crippen molar-refractivity contribution >= 4 is 119 Å². The van der Waals surface area contributed by atoms with E-state index in [1.54, 1.807) is 11.3 Å². The van der Waals surface area contributed by atoms with Crippen molar-refractivity contribution in [2.75, 3.05) is 0 Å². The van der Waals surface area contributed by atoms with Crippen molar-refractivity contribution < 1.29 is 0 Å². The Morgan fingerprint density at radius 1 is 0.524 bits per heavy atom. The molecule has 1 aliphatic heterocycles. The summed E-state index contributed by atoms with van der Waals surface area (Å²) < 4.78 is 9.86. The average molecular weight is 847 g/mol. The van der Waals surface area contributed by atoms with Gasteiger partial charge in [-0.05, 0) is 79.6 Å². The molecule has 0 radical (unpaired) electrons. The zero-order valence-corrected chi connectivity index (χ0v) is 36.8. The molecule has 0 spiro atoms. The molecule has 4 nitrogen and oxygen atoms in total. The number of hydrogen-bond acceptors (Lipinski definition) is 4. The van der Waals surface area contributed by atoms with E-state index in [0.29, 0.717) is 0 Å². The first kappa shape index (κ1) is 37.5. The molecule has 13 rings (SSSR count). The number of hydrogen-bond donors (Lipinski definition) is 1. The monoisotopic (exact) mass is 846 g/mol. The van der Waals surface area contributed by atoms with Gasteiger partial charge in [-0.1, -0.05) is 146 Å². The van der Waals surface area contributed by atoms with Crippen molar-refractivity contribution in [2.24, 2.45) is 4.99 Å². The number of para-hydroxylation sites is 1. The fourth-order valence-corrected chi connectivity index (χ4v) is 12.1. The topological polar surface area (TPSA) is 34.2 Å². The molecule has 4 aromatic heterocycles. The van der Waals surface area contributed by atoms with Gasteiger partial charge >= 0.3 is 0 Å². The highest BCUT2D eigenvalue weighted by atomic mass is 32.1. The standard InChI is InChI=1S/C53H34N4S2.C4H8/c1-2-14-31-27-28-42-39(29-31)46-35-19-6-7-20-36(35)50-47(37-21-8-11-25-44(37)58-50)49(46)57(42)52-48-38-22-9-12-26-45(38)59-53(48)55-51(54-52)43-30-33-16-4-10-23-40(33)56(43)41-24-13-17-32-15-3-5-18-34(32)41;1-3-4-2/h2-30,51,54H,1H3;3-4H,1-2H3/b14-2+;4-3-. The first-order valence-corrected chi connectivity index (χ1v) is 23.2. The lowest BCUT2D eigenvalue weighted by molar-refractivity contribution is 0.598. The van der Waals surface area contributed by atoms with E-state index in [1.165, 1.54) is 84.6 Å². The molecular formula is C57H42N4S2. The lowest BCUT2D eigenvalue weighted by Crippen LogP contribution is -2.40. The zero-order valence-electron chi connectivity index (χ0n) is 35.1. The van der Waals surface area contributed by atoms with Crippen molar-refractivity contribution in [3.05, 3.63) is 203 Å². The summed E-state index contributed by atoms with van der Waals surface area (Å²) in [6.45, 7) is 6.09. The molecule has 1 aliphatic rings. The summed E-state index contributed by atoms with van der Waals surface area (Å²) in [5, 5.41) is 17.8. The molecule has 0 amide bonds. The number of thiophene rings is 2. The third-order valence-electron chi connectivity index (χ3n) is 12.5. The molecule has 5 heterocycles. The Bertz CT molecular complexity index is 3990. The number of nitrogens with one attached hydrogen (secondary N) is 1. The summed E-state index contributed by atoms with van der Waals surface area (Å²) in [5.74, 6) is 1.05. The van der Waals surface area contributed by atoms with Gasteiger partial charge in [-0.2, -0.15) is 0 Å². The Morgan fingerprint density at radius 3 is 1.98 bits per heavy atom. The van der Waals surface area contributed by atoms with E-state index < -0.39 is 0 Å². The minimum absolute atomic E-state index is 0.387. The van der Waals surface area contributed by atoms with Crippen molar-refractivity contribution in [2.45, 2.75) is 26.9 Å². The van der Waals surface area contributed by atoms with Crippen LogP contribution in [-0.4, -0.2) is 9.13 Å². The highest BCUT2D eigenvalue weighted by Crippen LogP contribution is 2.48. The highest BCUT2D eigenvalue weighted by molar-refractivity contribution is 7.27. The largest absolute Gasteiger partial charge is 0.344 e. The van der Waals surface area contributed by atoms with Crippen LogP contribution in [0.5, 0.6) is 0 Å². The van der Waals surface area contributed by atoms with E-state index >= 15 is 0 Å². The van der Waals surface area contributed by atoms with Crippen LogP contribution in [0.25, 0.3) is 102 Å². The number of aromatic nitrogens is 2. The fourth-order valence-electron chi connectivity index (χ4n) is 9.79. The highest BCUT2D eigenvalue weighted by Gasteiger charge is 2.29. The number of allylic oxidation sites excluding steroid dienone is 3. The van der Waals surface area contributed by atoms with Crippen LogP contribution in [0.2, 0.25) is 0 Å². The molecule has 1 unspecified atom stereocenters. The molecule has 0 saturated heterocycles. The molecule has 0 fully saturated rings. The summed E-state index contributed by atoms with van der Waals surface area (Å²) in [5.41, 5.74) is 6.98. The van der Waals surface area contributed by atoms with Crippen molar-refractivity contribution in [3.63, 3.8) is 0 Å². The van der Waals surface area contributed by atoms with Gasteiger partial charge in [0.15, 0.2) is 6.17 Å². The SMILES string of the molecule is C/C=C/c1ccc2c(c1)c1c3ccccc3c3sc4ccccc4c3c1n2C1=c2c(sc3ccccc23)=NC(c2cc3ccccc3n2-c2cccc3ccccc23)N1.C/C=C\C. The van der Waals surface area contributed by atoms with Crippen LogP contribution >= 0.6 is 22.7 Å². The number of nitrogens with zero attached hydrogens (tertiary/aromatic N) is 3. The Morgan fingerprint density at radius 2 is 1.19 bits per heavy atom. The lowest BCUT2D eigenvalue weighted by Gasteiger charge is -2.25. The second kappa shape index (κ2) is 15.0. The fraction of sp³-hybridized carbons (Fsp3) is 0.0702. The number of rotatable bonds is 4. The number of fused-ring (bicyclic) bond motifs is 15. The van der Waals surface area contributed by atoms with Crippen LogP contribution in [0.3, 0.4) is 0 Å². The summed E-state index contributed by atoms with van der Waals surface area (Å²) in [6.07, 6.45) is 7.95. The van der Waals surface area contributed by atoms with Crippen LogP contribution in [0, 0.1) is 0 Å². The van der Waals surface area contributed by atoms with Crippen LogP contribution in [0.1, 0.15) is 38.2 Å². The van der Waals surface area contributed by atoms with Gasteiger partial charge in [-0.15, -0.1) is 22.7 Å². The molecule has 1 N–H and O–H groups in total. The normalized spacial score (nSPS) is 14.2. The van der Waals surface area contributed by atoms with Crippen molar-refractivity contribution in [3.8, 4) is 5.69 Å². The molecular weight excluding hydrogens is 805 g/mol. The van der Waals surface area contributed by atoms with Crippen molar-refractivity contribution in [1.82, 2.24) is 14.5 Å². The van der Waals surface area contributed by atoms with Crippen LogP contribution in [0.15, 0.2) is 187 Å². The Kier molecular flexibility index (Phi) is 8.92. The molecule has 6 heteroatoms. The van der Waals surface area contributed by atoms with E-state index in [2.05, 4.69) is 197 Å². The molecule has 302 valence electrons. The Hall–Kier alpha value is -7.25. The molecule has 0 saturated carbocycles. The van der Waals surface area contributed by atoms with Gasteiger partial charge in [0.05, 0.1) is 33.2 Å². The van der Waals surface area contributed by atoms with Crippen LogP contribution in [-0.2, 0) is 0 Å². The van der Waals surface area contributed by atoms with Gasteiger partial charge < -0.3 is 9.88 Å². The van der Waals surface area contributed by atoms with E-state index in [4.69, 9.17) is 4.99 Å². The van der Waals surface area contributed by atoms with Gasteiger partial charge in [0.25, 0.3) is 0 Å². The third kappa shape index (κ3) is 5.75. The predicted molar refractivity (Wildman–Crippen MR) is 273 cm³/mol. The van der Waals surface area contributed by atoms with Gasteiger partial charge in [0.2, 0.25) is 0 Å². The van der Waals surface area contributed by atoms with E-state index in [9.17, 15) is 0 Å². The minimum atomic E-state index is -0.387. The predicted octanol–water partition coefficient (Wildman–Crippen LogP) is 14.8. The maximum atomic E-state index is 5.67. The maximum Gasteiger partial charge on any atom is 0.162 e. The summed E-state index contributed by atoms with van der Waals surface area (Å²) in [7, 11) is 0. The van der Waals surface area contributed by atoms with Gasteiger partial charge in [-0.25, -0.2) is 4.99 Å². The van der Waals surface area contributed by atoms with E-state index in [1.807, 2.05) is 37.3 Å². The van der Waals surface area contributed by atoms with Gasteiger partial charge in [-0.3, -0.25) is 4.57 Å². The maximum absolute atomic E-state index is 5.67. The van der Waals surface area contributed by atoms with Crippen molar-refractivity contribution in [1.29, 1.82) is 0 Å². The summed E-state index contributed by atoms with van der Waals surface area (Å²) in [6, 6.07) is 60.1. The lowest BCUT2D eigenvalue weighted by atomic mass is 9.99. The molecule has 63 heavy (non-hydrogen) atoms. The second-order valence-electron chi connectivity index (χ2n) is 16.1. The van der Waals surface area contributed by atoms with Gasteiger partial charge in [0, 0.05) is 57.2 Å². The molecule has 0 bridgehead atoms. The number of benzene rings is 8. The third-order valence-corrected chi connectivity index (χ3v) is 14.8. The summed E-state index contributed by atoms with van der Waals surface area (Å²) in [4.78, 5) is 5.67. The summed E-state index contributed by atoms with van der Waals surface area (Å²) >= 11 is 3.68. The second-order valence-corrected chi connectivity index (χ2v) is 18.2. The zero-order chi connectivity index (χ0) is 42.2. The Balaban J connectivity index is 0.00000101. The smallest absolute Gasteiger partial charge is 0.162 e.